The van der Waals surface area contributed by atoms with Crippen LogP contribution in [0.2, 0.25) is 0 Å². The van der Waals surface area contributed by atoms with Gasteiger partial charge in [0.1, 0.15) is 0 Å². The molecule has 8 heteroatoms. The zero-order valence-electron chi connectivity index (χ0n) is 5.64. The van der Waals surface area contributed by atoms with Gasteiger partial charge in [-0.1, -0.05) is 11.6 Å². The molecule has 0 aliphatic carbocycles. The molecule has 0 aromatic heterocycles. The van der Waals surface area contributed by atoms with E-state index in [-0.39, 0.29) is 12.3 Å². The van der Waals surface area contributed by atoms with E-state index in [1.54, 1.807) is 0 Å². The molecule has 1 N–H and O–H groups in total. The van der Waals surface area contributed by atoms with Gasteiger partial charge in [0.25, 0.3) is 5.85 Å². The van der Waals surface area contributed by atoms with Gasteiger partial charge in [0, 0.05) is 12.3 Å². The maximum Gasteiger partial charge on any atom is 0.334 e. The van der Waals surface area contributed by atoms with Crippen LogP contribution in [0.5, 0.6) is 0 Å². The number of hydrogen-bond donors (Lipinski definition) is 1. The van der Waals surface area contributed by atoms with Crippen LogP contribution in [-0.2, 0) is 9.36 Å². The Hall–Kier alpha value is 0.860. The number of carbonyl (C=O) groups is 1. The summed E-state index contributed by atoms with van der Waals surface area (Å²) in [5.74, 6) is -5.55. The Labute approximate surface area is 88.9 Å². The summed E-state index contributed by atoms with van der Waals surface area (Å²) >= 11 is 21.0. The normalized spacial score (nSPS) is 17.0. The summed E-state index contributed by atoms with van der Waals surface area (Å²) < 4.78 is 8.86. The van der Waals surface area contributed by atoms with Gasteiger partial charge in [-0.25, -0.2) is 4.79 Å². The van der Waals surface area contributed by atoms with Gasteiger partial charge in [0.05, 0.1) is 0 Å². The smallest absolute Gasteiger partial charge is 0.334 e. The SMILES string of the molecule is O=C(O)C(Cl)(CCCl)P(=O)(Cl)Cl. The number of rotatable bonds is 4. The van der Waals surface area contributed by atoms with Gasteiger partial charge in [-0.05, 0) is 22.5 Å². The van der Waals surface area contributed by atoms with Crippen molar-refractivity contribution in [2.24, 2.45) is 0 Å². The van der Waals surface area contributed by atoms with E-state index >= 15 is 0 Å². The molecule has 1 unspecified atom stereocenters. The lowest BCUT2D eigenvalue weighted by molar-refractivity contribution is -0.137. The van der Waals surface area contributed by atoms with Crippen molar-refractivity contribution in [1.82, 2.24) is 0 Å². The number of alkyl halides is 2. The van der Waals surface area contributed by atoms with E-state index in [0.717, 1.165) is 0 Å². The van der Waals surface area contributed by atoms with Gasteiger partial charge in [-0.2, -0.15) is 0 Å². The Balaban J connectivity index is 4.88. The lowest BCUT2D eigenvalue weighted by Gasteiger charge is -2.21. The van der Waals surface area contributed by atoms with Crippen molar-refractivity contribution in [3.05, 3.63) is 0 Å². The third kappa shape index (κ3) is 2.68. The first kappa shape index (κ1) is 12.9. The first-order chi connectivity index (χ1) is 5.25. The van der Waals surface area contributed by atoms with Crippen LogP contribution in [0.25, 0.3) is 0 Å². The zero-order chi connectivity index (χ0) is 9.99. The second-order valence-electron chi connectivity index (χ2n) is 1.97. The molecule has 0 bridgehead atoms. The lowest BCUT2D eigenvalue weighted by atomic mass is 10.3. The van der Waals surface area contributed by atoms with E-state index in [1.165, 1.54) is 0 Å². The van der Waals surface area contributed by atoms with Crippen LogP contribution in [0, 0.1) is 0 Å². The molecule has 0 fully saturated rings. The van der Waals surface area contributed by atoms with Crippen LogP contribution >= 0.6 is 51.5 Å². The highest BCUT2D eigenvalue weighted by atomic mass is 35.9. The fourth-order valence-corrected chi connectivity index (χ4v) is 2.62. The lowest BCUT2D eigenvalue weighted by Crippen LogP contribution is -2.29. The molecule has 0 amide bonds. The predicted molar refractivity (Wildman–Crippen MR) is 50.9 cm³/mol. The van der Waals surface area contributed by atoms with Crippen molar-refractivity contribution >= 4 is 57.5 Å². The van der Waals surface area contributed by atoms with Crippen LogP contribution in [0.4, 0.5) is 0 Å². The molecule has 0 rings (SSSR count). The van der Waals surface area contributed by atoms with E-state index in [0.29, 0.717) is 0 Å². The summed E-state index contributed by atoms with van der Waals surface area (Å²) in [6, 6.07) is 0. The van der Waals surface area contributed by atoms with Gasteiger partial charge in [0.15, 0.2) is 0 Å². The average molecular weight is 274 g/mol. The number of aliphatic carboxylic acids is 1. The minimum absolute atomic E-state index is 0.0841. The fourth-order valence-electron chi connectivity index (χ4n) is 0.474. The van der Waals surface area contributed by atoms with Gasteiger partial charge >= 0.3 is 5.97 Å². The molecule has 12 heavy (non-hydrogen) atoms. The van der Waals surface area contributed by atoms with Gasteiger partial charge in [0.2, 0.25) is 4.62 Å². The molecule has 0 heterocycles. The van der Waals surface area contributed by atoms with E-state index in [4.69, 9.17) is 50.8 Å². The largest absolute Gasteiger partial charge is 0.480 e. The van der Waals surface area contributed by atoms with Gasteiger partial charge in [-0.15, -0.1) is 11.6 Å². The first-order valence-corrected chi connectivity index (χ1v) is 7.16. The molecule has 0 saturated heterocycles. The maximum absolute atomic E-state index is 11.0. The van der Waals surface area contributed by atoms with E-state index < -0.39 is 16.4 Å². The third-order valence-corrected chi connectivity index (χ3v) is 5.91. The van der Waals surface area contributed by atoms with Crippen molar-refractivity contribution in [2.75, 3.05) is 5.88 Å². The Bertz CT molecular complexity index is 226. The summed E-state index contributed by atoms with van der Waals surface area (Å²) in [6.45, 7) is 0. The Kier molecular flexibility index (Phi) is 4.70. The second-order valence-corrected chi connectivity index (χ2v) is 8.32. The first-order valence-electron chi connectivity index (χ1n) is 2.73. The fraction of sp³-hybridized carbons (Fsp3) is 0.750. The summed E-state index contributed by atoms with van der Waals surface area (Å²) in [5, 5.41) is 8.57. The third-order valence-electron chi connectivity index (χ3n) is 1.17. The van der Waals surface area contributed by atoms with E-state index in [9.17, 15) is 9.36 Å². The van der Waals surface area contributed by atoms with Crippen LogP contribution in [0.3, 0.4) is 0 Å². The quantitative estimate of drug-likeness (QED) is 0.632. The molecule has 0 spiro atoms. The Morgan fingerprint density at radius 2 is 1.92 bits per heavy atom. The summed E-state index contributed by atoms with van der Waals surface area (Å²) in [6.07, 6.45) is -0.254. The highest BCUT2D eigenvalue weighted by molar-refractivity contribution is 8.10. The summed E-state index contributed by atoms with van der Waals surface area (Å²) in [4.78, 5) is 10.5. The molecule has 0 radical (unpaired) electrons. The van der Waals surface area contributed by atoms with Crippen LogP contribution in [-0.4, -0.2) is 21.6 Å². The molecule has 3 nitrogen and oxygen atoms in total. The van der Waals surface area contributed by atoms with Crippen molar-refractivity contribution in [1.29, 1.82) is 0 Å². The topological polar surface area (TPSA) is 54.4 Å². The van der Waals surface area contributed by atoms with Crippen molar-refractivity contribution in [3.63, 3.8) is 0 Å². The molecule has 0 aromatic rings. The highest BCUT2D eigenvalue weighted by Gasteiger charge is 2.51. The number of carboxylic acids is 1. The minimum atomic E-state index is -3.93. The monoisotopic (exact) mass is 272 g/mol. The van der Waals surface area contributed by atoms with Crippen molar-refractivity contribution in [2.45, 2.75) is 11.0 Å². The zero-order valence-corrected chi connectivity index (χ0v) is 9.56. The van der Waals surface area contributed by atoms with Crippen molar-refractivity contribution < 1.29 is 14.5 Å². The molecular formula is C4H5Cl4O3P. The number of halogens is 4. The van der Waals surface area contributed by atoms with Gasteiger partial charge in [-0.3, -0.25) is 4.57 Å². The molecule has 72 valence electrons. The Morgan fingerprint density at radius 3 is 2.00 bits per heavy atom. The molecule has 0 aliphatic heterocycles. The number of hydrogen-bond acceptors (Lipinski definition) is 2. The van der Waals surface area contributed by atoms with Crippen LogP contribution < -0.4 is 0 Å². The van der Waals surface area contributed by atoms with Crippen LogP contribution in [0.15, 0.2) is 0 Å². The summed E-state index contributed by atoms with van der Waals surface area (Å²) in [7, 11) is 0. The second kappa shape index (κ2) is 4.39. The highest BCUT2D eigenvalue weighted by Crippen LogP contribution is 2.70. The Morgan fingerprint density at radius 1 is 1.50 bits per heavy atom. The predicted octanol–water partition coefficient (Wildman–Crippen LogP) is 3.31. The van der Waals surface area contributed by atoms with E-state index in [1.807, 2.05) is 0 Å². The van der Waals surface area contributed by atoms with Gasteiger partial charge < -0.3 is 5.11 Å². The molecule has 0 saturated carbocycles. The van der Waals surface area contributed by atoms with E-state index in [2.05, 4.69) is 0 Å². The molecular weight excluding hydrogens is 269 g/mol. The average Bonchev–Trinajstić information content (AvgIpc) is 1.85. The molecule has 0 aromatic carbocycles. The standard InChI is InChI=1S/C4H5Cl4O3P/c5-2-1-4(6,3(9)10)12(7,8)11/h1-2H2,(H,9,10). The maximum atomic E-state index is 11.0. The van der Waals surface area contributed by atoms with Crippen molar-refractivity contribution in [3.8, 4) is 0 Å². The van der Waals surface area contributed by atoms with Crippen LogP contribution in [0.1, 0.15) is 6.42 Å². The molecule has 0 aliphatic rings. The molecule has 1 atom stereocenters. The minimum Gasteiger partial charge on any atom is -0.480 e. The summed E-state index contributed by atoms with van der Waals surface area (Å²) in [5.41, 5.74) is 0. The number of carboxylic acid groups (broad SMARTS) is 1.